The van der Waals surface area contributed by atoms with Gasteiger partial charge < -0.3 is 10.3 Å². The first-order valence-corrected chi connectivity index (χ1v) is 7.78. The van der Waals surface area contributed by atoms with Gasteiger partial charge >= 0.3 is 0 Å². The lowest BCUT2D eigenvalue weighted by Gasteiger charge is -2.04. The topological polar surface area (TPSA) is 57.8 Å². The molecule has 2 N–H and O–H groups in total. The number of aryl methyl sites for hydroxylation is 1. The highest BCUT2D eigenvalue weighted by atomic mass is 32.2. The summed E-state index contributed by atoms with van der Waals surface area (Å²) in [5.74, 6) is 2.34. The van der Waals surface area contributed by atoms with Crippen molar-refractivity contribution in [2.24, 2.45) is 0 Å². The number of aromatic amines is 1. The van der Waals surface area contributed by atoms with Gasteiger partial charge in [0.05, 0.1) is 5.75 Å². The number of rotatable bonds is 7. The van der Waals surface area contributed by atoms with Crippen LogP contribution in [0.3, 0.4) is 0 Å². The van der Waals surface area contributed by atoms with Crippen molar-refractivity contribution in [2.75, 3.05) is 12.3 Å². The van der Waals surface area contributed by atoms with Crippen LogP contribution in [0.15, 0.2) is 36.7 Å². The maximum Gasteiger partial charge on any atom is 0.230 e. The summed E-state index contributed by atoms with van der Waals surface area (Å²) < 4.78 is 0. The summed E-state index contributed by atoms with van der Waals surface area (Å²) in [5, 5.41) is 2.90. The summed E-state index contributed by atoms with van der Waals surface area (Å²) in [5.41, 5.74) is 2.51. The van der Waals surface area contributed by atoms with Crippen molar-refractivity contribution in [3.05, 3.63) is 53.6 Å². The van der Waals surface area contributed by atoms with Crippen LogP contribution in [0.1, 0.15) is 17.0 Å². The van der Waals surface area contributed by atoms with Crippen LogP contribution in [0.2, 0.25) is 0 Å². The predicted octanol–water partition coefficient (Wildman–Crippen LogP) is 2.31. The molecule has 0 saturated carbocycles. The van der Waals surface area contributed by atoms with Gasteiger partial charge in [0.1, 0.15) is 5.82 Å². The van der Waals surface area contributed by atoms with Crippen LogP contribution >= 0.6 is 11.8 Å². The zero-order valence-corrected chi connectivity index (χ0v) is 12.4. The van der Waals surface area contributed by atoms with E-state index in [1.165, 1.54) is 11.1 Å². The lowest BCUT2D eigenvalue weighted by Crippen LogP contribution is -2.27. The van der Waals surface area contributed by atoms with Crippen molar-refractivity contribution in [2.45, 2.75) is 19.1 Å². The molecule has 1 aromatic heterocycles. The van der Waals surface area contributed by atoms with Crippen LogP contribution < -0.4 is 5.32 Å². The first-order chi connectivity index (χ1) is 9.74. The maximum absolute atomic E-state index is 11.7. The number of carbonyl (C=O) groups is 1. The Kier molecular flexibility index (Phi) is 5.68. The van der Waals surface area contributed by atoms with Crippen molar-refractivity contribution >= 4 is 17.7 Å². The summed E-state index contributed by atoms with van der Waals surface area (Å²) in [7, 11) is 0. The molecule has 5 heteroatoms. The van der Waals surface area contributed by atoms with E-state index in [0.29, 0.717) is 12.3 Å². The smallest absolute Gasteiger partial charge is 0.230 e. The number of hydrogen-bond donors (Lipinski definition) is 2. The standard InChI is InChI=1S/C15H19N3OS/c1-12-2-4-13(5-3-12)10-20-11-15(19)18-7-6-14-16-8-9-17-14/h2-5,8-9H,6-7,10-11H2,1H3,(H,16,17)(H,18,19). The van der Waals surface area contributed by atoms with Gasteiger partial charge in [0.15, 0.2) is 0 Å². The Labute approximate surface area is 123 Å². The number of carbonyl (C=O) groups excluding carboxylic acids is 1. The fourth-order valence-corrected chi connectivity index (χ4v) is 2.57. The minimum absolute atomic E-state index is 0.0775. The van der Waals surface area contributed by atoms with Crippen molar-refractivity contribution in [3.63, 3.8) is 0 Å². The quantitative estimate of drug-likeness (QED) is 0.822. The van der Waals surface area contributed by atoms with E-state index in [1.54, 1.807) is 24.2 Å². The fourth-order valence-electron chi connectivity index (χ4n) is 1.75. The van der Waals surface area contributed by atoms with Gasteiger partial charge in [-0.25, -0.2) is 4.98 Å². The molecule has 1 heterocycles. The zero-order chi connectivity index (χ0) is 14.2. The van der Waals surface area contributed by atoms with Crippen molar-refractivity contribution in [1.82, 2.24) is 15.3 Å². The fraction of sp³-hybridized carbons (Fsp3) is 0.333. The second-order valence-corrected chi connectivity index (χ2v) is 5.60. The van der Waals surface area contributed by atoms with E-state index >= 15 is 0 Å². The van der Waals surface area contributed by atoms with Gasteiger partial charge in [-0.3, -0.25) is 4.79 Å². The minimum atomic E-state index is 0.0775. The third-order valence-electron chi connectivity index (χ3n) is 2.86. The largest absolute Gasteiger partial charge is 0.355 e. The lowest BCUT2D eigenvalue weighted by molar-refractivity contribution is -0.118. The Morgan fingerprint density at radius 2 is 2.15 bits per heavy atom. The van der Waals surface area contributed by atoms with Gasteiger partial charge in [-0.05, 0) is 12.5 Å². The minimum Gasteiger partial charge on any atom is -0.355 e. The van der Waals surface area contributed by atoms with Crippen LogP contribution in [-0.4, -0.2) is 28.2 Å². The Hall–Kier alpha value is -1.75. The highest BCUT2D eigenvalue weighted by Gasteiger charge is 2.02. The molecule has 0 atom stereocenters. The number of thioether (sulfide) groups is 1. The monoisotopic (exact) mass is 289 g/mol. The molecule has 1 aromatic carbocycles. The Balaban J connectivity index is 1.59. The maximum atomic E-state index is 11.7. The SMILES string of the molecule is Cc1ccc(CSCC(=O)NCCc2ncc[nH]2)cc1. The molecular weight excluding hydrogens is 270 g/mol. The van der Waals surface area contributed by atoms with E-state index < -0.39 is 0 Å². The molecule has 0 aliphatic carbocycles. The van der Waals surface area contributed by atoms with E-state index in [0.717, 1.165) is 18.0 Å². The number of H-pyrrole nitrogens is 1. The van der Waals surface area contributed by atoms with E-state index in [2.05, 4.69) is 46.5 Å². The molecule has 0 radical (unpaired) electrons. The molecule has 2 rings (SSSR count). The van der Waals surface area contributed by atoms with Gasteiger partial charge in [0.25, 0.3) is 0 Å². The highest BCUT2D eigenvalue weighted by molar-refractivity contribution is 7.99. The highest BCUT2D eigenvalue weighted by Crippen LogP contribution is 2.12. The number of benzene rings is 1. The molecule has 0 bridgehead atoms. The van der Waals surface area contributed by atoms with Gasteiger partial charge in [-0.1, -0.05) is 29.8 Å². The first-order valence-electron chi connectivity index (χ1n) is 6.62. The molecule has 0 spiro atoms. The first kappa shape index (κ1) is 14.7. The van der Waals surface area contributed by atoms with E-state index in [-0.39, 0.29) is 5.91 Å². The zero-order valence-electron chi connectivity index (χ0n) is 11.6. The number of amides is 1. The Morgan fingerprint density at radius 1 is 1.35 bits per heavy atom. The Bertz CT molecular complexity index is 523. The van der Waals surface area contributed by atoms with Gasteiger partial charge in [-0.2, -0.15) is 0 Å². The molecule has 4 nitrogen and oxygen atoms in total. The molecule has 20 heavy (non-hydrogen) atoms. The second kappa shape index (κ2) is 7.75. The lowest BCUT2D eigenvalue weighted by atomic mass is 10.2. The third-order valence-corrected chi connectivity index (χ3v) is 3.87. The molecule has 0 aliphatic heterocycles. The summed E-state index contributed by atoms with van der Waals surface area (Å²) in [6.07, 6.45) is 4.24. The number of aromatic nitrogens is 2. The van der Waals surface area contributed by atoms with Crippen molar-refractivity contribution in [3.8, 4) is 0 Å². The average molecular weight is 289 g/mol. The Morgan fingerprint density at radius 3 is 2.85 bits per heavy atom. The second-order valence-electron chi connectivity index (χ2n) is 4.61. The van der Waals surface area contributed by atoms with Crippen LogP contribution in [0.25, 0.3) is 0 Å². The summed E-state index contributed by atoms with van der Waals surface area (Å²) in [4.78, 5) is 18.8. The molecule has 0 fully saturated rings. The number of nitrogens with zero attached hydrogens (tertiary/aromatic N) is 1. The van der Waals surface area contributed by atoms with Crippen molar-refractivity contribution < 1.29 is 4.79 Å². The summed E-state index contributed by atoms with van der Waals surface area (Å²) in [6, 6.07) is 8.41. The van der Waals surface area contributed by atoms with Gasteiger partial charge in [0.2, 0.25) is 5.91 Å². The summed E-state index contributed by atoms with van der Waals surface area (Å²) in [6.45, 7) is 2.70. The number of hydrogen-bond acceptors (Lipinski definition) is 3. The van der Waals surface area contributed by atoms with Crippen molar-refractivity contribution in [1.29, 1.82) is 0 Å². The van der Waals surface area contributed by atoms with Crippen LogP contribution in [-0.2, 0) is 17.0 Å². The summed E-state index contributed by atoms with van der Waals surface area (Å²) >= 11 is 1.63. The van der Waals surface area contributed by atoms with Gasteiger partial charge in [0, 0.05) is 31.1 Å². The molecule has 0 unspecified atom stereocenters. The average Bonchev–Trinajstić information content (AvgIpc) is 2.94. The van der Waals surface area contributed by atoms with Crippen LogP contribution in [0, 0.1) is 6.92 Å². The number of imidazole rings is 1. The molecule has 0 aliphatic rings. The molecule has 106 valence electrons. The molecule has 0 saturated heterocycles. The molecule has 1 amide bonds. The molecular formula is C15H19N3OS. The van der Waals surface area contributed by atoms with E-state index in [9.17, 15) is 4.79 Å². The van der Waals surface area contributed by atoms with Crippen LogP contribution in [0.5, 0.6) is 0 Å². The van der Waals surface area contributed by atoms with E-state index in [4.69, 9.17) is 0 Å². The number of nitrogens with one attached hydrogen (secondary N) is 2. The molecule has 2 aromatic rings. The predicted molar refractivity (Wildman–Crippen MR) is 82.6 cm³/mol. The van der Waals surface area contributed by atoms with Gasteiger partial charge in [-0.15, -0.1) is 11.8 Å². The van der Waals surface area contributed by atoms with E-state index in [1.807, 2.05) is 0 Å². The third kappa shape index (κ3) is 5.09. The van der Waals surface area contributed by atoms with Crippen LogP contribution in [0.4, 0.5) is 0 Å². The normalized spacial score (nSPS) is 10.4.